The van der Waals surface area contributed by atoms with E-state index in [1.54, 1.807) is 23.9 Å². The third-order valence-corrected chi connectivity index (χ3v) is 2.70. The number of nitrogens with zero attached hydrogens (tertiary/aromatic N) is 4. The molecule has 1 heterocycles. The van der Waals surface area contributed by atoms with Crippen LogP contribution < -0.4 is 5.73 Å². The van der Waals surface area contributed by atoms with Gasteiger partial charge in [-0.1, -0.05) is 6.92 Å². The molecule has 6 nitrogen and oxygen atoms in total. The largest absolute Gasteiger partial charge is 0.399 e. The normalized spacial score (nSPS) is 12.6. The van der Waals surface area contributed by atoms with Gasteiger partial charge in [0.05, 0.1) is 12.2 Å². The van der Waals surface area contributed by atoms with Crippen molar-refractivity contribution in [1.82, 2.24) is 20.2 Å². The number of aromatic nitrogens is 4. The van der Waals surface area contributed by atoms with Crippen LogP contribution in [-0.4, -0.2) is 33.9 Å². The molecule has 0 fully saturated rings. The third-order valence-electron chi connectivity index (χ3n) is 2.70. The van der Waals surface area contributed by atoms with Crippen molar-refractivity contribution in [1.29, 1.82) is 0 Å². The number of nitrogens with two attached hydrogens (primary N) is 1. The van der Waals surface area contributed by atoms with Crippen molar-refractivity contribution in [3.05, 3.63) is 24.0 Å². The fourth-order valence-electron chi connectivity index (χ4n) is 1.87. The molecule has 0 aliphatic heterocycles. The molecule has 2 rings (SSSR count). The molecule has 1 aromatic carbocycles. The minimum atomic E-state index is -0.435. The molecule has 0 saturated heterocycles. The number of hydrogen-bond donors (Lipinski definition) is 1. The van der Waals surface area contributed by atoms with Gasteiger partial charge in [0.2, 0.25) is 0 Å². The first-order valence-corrected chi connectivity index (χ1v) is 5.92. The van der Waals surface area contributed by atoms with Crippen LogP contribution in [0.15, 0.2) is 18.2 Å². The van der Waals surface area contributed by atoms with Crippen LogP contribution in [0.1, 0.15) is 6.92 Å². The summed E-state index contributed by atoms with van der Waals surface area (Å²) < 4.78 is 20.5. The maximum atomic E-state index is 13.9. The maximum Gasteiger partial charge on any atom is 0.184 e. The molecule has 1 atom stereocenters. The number of ether oxygens (including phenoxy) is 1. The predicted octanol–water partition coefficient (Wildman–Crippen LogP) is 1.34. The summed E-state index contributed by atoms with van der Waals surface area (Å²) in [5.41, 5.74) is 6.23. The average molecular weight is 265 g/mol. The number of halogens is 1. The van der Waals surface area contributed by atoms with Crippen LogP contribution in [0, 0.1) is 11.7 Å². The van der Waals surface area contributed by atoms with E-state index in [0.29, 0.717) is 30.2 Å². The summed E-state index contributed by atoms with van der Waals surface area (Å²) in [7, 11) is 1.64. The minimum absolute atomic E-state index is 0.226. The molecule has 1 unspecified atom stereocenters. The Morgan fingerprint density at radius 2 is 2.26 bits per heavy atom. The van der Waals surface area contributed by atoms with Crippen LogP contribution in [0.25, 0.3) is 11.4 Å². The molecule has 0 amide bonds. The van der Waals surface area contributed by atoms with Gasteiger partial charge in [0.1, 0.15) is 5.82 Å². The molecule has 0 aliphatic carbocycles. The SMILES string of the molecule is COCC(C)Cn1nnnc1-c1ccc(N)cc1F. The van der Waals surface area contributed by atoms with Crippen LogP contribution >= 0.6 is 0 Å². The van der Waals surface area contributed by atoms with Gasteiger partial charge < -0.3 is 10.5 Å². The fourth-order valence-corrected chi connectivity index (χ4v) is 1.87. The van der Waals surface area contributed by atoms with E-state index in [1.165, 1.54) is 6.07 Å². The standard InChI is InChI=1S/C12H16FN5O/c1-8(7-19-2)6-18-12(15-16-17-18)10-4-3-9(14)5-11(10)13/h3-5,8H,6-7,14H2,1-2H3. The smallest absolute Gasteiger partial charge is 0.184 e. The molecule has 0 spiro atoms. The highest BCUT2D eigenvalue weighted by Gasteiger charge is 2.15. The monoisotopic (exact) mass is 265 g/mol. The molecule has 0 saturated carbocycles. The number of nitrogen functional groups attached to an aromatic ring is 1. The van der Waals surface area contributed by atoms with Crippen LogP contribution in [-0.2, 0) is 11.3 Å². The van der Waals surface area contributed by atoms with Gasteiger partial charge in [0.25, 0.3) is 0 Å². The van der Waals surface area contributed by atoms with Crippen molar-refractivity contribution in [2.45, 2.75) is 13.5 Å². The highest BCUT2D eigenvalue weighted by Crippen LogP contribution is 2.22. The zero-order chi connectivity index (χ0) is 13.8. The zero-order valence-corrected chi connectivity index (χ0v) is 10.9. The number of anilines is 1. The number of tetrazole rings is 1. The minimum Gasteiger partial charge on any atom is -0.399 e. The Kier molecular flexibility index (Phi) is 4.06. The molecular formula is C12H16FN5O. The van der Waals surface area contributed by atoms with Gasteiger partial charge in [-0.3, -0.25) is 0 Å². The average Bonchev–Trinajstić information content (AvgIpc) is 2.77. The van der Waals surface area contributed by atoms with Crippen molar-refractivity contribution in [2.75, 3.05) is 19.5 Å². The van der Waals surface area contributed by atoms with Gasteiger partial charge in [0, 0.05) is 19.3 Å². The van der Waals surface area contributed by atoms with Gasteiger partial charge in [-0.2, -0.15) is 0 Å². The van der Waals surface area contributed by atoms with Crippen molar-refractivity contribution < 1.29 is 9.13 Å². The summed E-state index contributed by atoms with van der Waals surface area (Å²) in [5.74, 6) is 0.181. The summed E-state index contributed by atoms with van der Waals surface area (Å²) in [6.07, 6.45) is 0. The molecular weight excluding hydrogens is 249 g/mol. The van der Waals surface area contributed by atoms with E-state index in [-0.39, 0.29) is 5.92 Å². The molecule has 0 bridgehead atoms. The summed E-state index contributed by atoms with van der Waals surface area (Å²) in [4.78, 5) is 0. The Hall–Kier alpha value is -2.02. The van der Waals surface area contributed by atoms with E-state index in [9.17, 15) is 4.39 Å². The summed E-state index contributed by atoms with van der Waals surface area (Å²) in [6, 6.07) is 4.46. The Bertz CT molecular complexity index is 557. The number of rotatable bonds is 5. The molecule has 7 heteroatoms. The maximum absolute atomic E-state index is 13.9. The molecule has 0 aliphatic rings. The van der Waals surface area contributed by atoms with Gasteiger partial charge in [-0.15, -0.1) is 5.10 Å². The lowest BCUT2D eigenvalue weighted by atomic mass is 10.1. The summed E-state index contributed by atoms with van der Waals surface area (Å²) >= 11 is 0. The Morgan fingerprint density at radius 1 is 1.47 bits per heavy atom. The molecule has 1 aromatic heterocycles. The second kappa shape index (κ2) is 5.75. The van der Waals surface area contributed by atoms with Gasteiger partial charge in [0.15, 0.2) is 5.82 Å². The fraction of sp³-hybridized carbons (Fsp3) is 0.417. The number of methoxy groups -OCH3 is 1. The summed E-state index contributed by atoms with van der Waals surface area (Å²) in [6.45, 7) is 3.15. The van der Waals surface area contributed by atoms with Crippen LogP contribution in [0.4, 0.5) is 10.1 Å². The van der Waals surface area contributed by atoms with E-state index in [1.807, 2.05) is 6.92 Å². The Balaban J connectivity index is 2.28. The van der Waals surface area contributed by atoms with Crippen LogP contribution in [0.3, 0.4) is 0 Å². The van der Waals surface area contributed by atoms with Crippen LogP contribution in [0.5, 0.6) is 0 Å². The number of benzene rings is 1. The topological polar surface area (TPSA) is 78.8 Å². The lowest BCUT2D eigenvalue weighted by Gasteiger charge is -2.11. The van der Waals surface area contributed by atoms with Crippen molar-refractivity contribution in [2.24, 2.45) is 5.92 Å². The van der Waals surface area contributed by atoms with E-state index < -0.39 is 5.82 Å². The first-order chi connectivity index (χ1) is 9.11. The second-order valence-corrected chi connectivity index (χ2v) is 4.48. The quantitative estimate of drug-likeness (QED) is 0.825. The van der Waals surface area contributed by atoms with Crippen LogP contribution in [0.2, 0.25) is 0 Å². The third kappa shape index (κ3) is 3.05. The highest BCUT2D eigenvalue weighted by atomic mass is 19.1. The molecule has 102 valence electrons. The predicted molar refractivity (Wildman–Crippen MR) is 68.7 cm³/mol. The molecule has 19 heavy (non-hydrogen) atoms. The zero-order valence-electron chi connectivity index (χ0n) is 10.9. The van der Waals surface area contributed by atoms with Crippen molar-refractivity contribution in [3.63, 3.8) is 0 Å². The van der Waals surface area contributed by atoms with E-state index in [4.69, 9.17) is 10.5 Å². The highest BCUT2D eigenvalue weighted by molar-refractivity contribution is 5.59. The summed E-state index contributed by atoms with van der Waals surface area (Å²) in [5, 5.41) is 11.4. The van der Waals surface area contributed by atoms with Gasteiger partial charge >= 0.3 is 0 Å². The lowest BCUT2D eigenvalue weighted by Crippen LogP contribution is -2.15. The van der Waals surface area contributed by atoms with Gasteiger partial charge in [-0.25, -0.2) is 9.07 Å². The first kappa shape index (κ1) is 13.4. The number of hydrogen-bond acceptors (Lipinski definition) is 5. The van der Waals surface area contributed by atoms with E-state index in [0.717, 1.165) is 0 Å². The molecule has 0 radical (unpaired) electrons. The Labute approximate surface area is 110 Å². The lowest BCUT2D eigenvalue weighted by molar-refractivity contribution is 0.149. The van der Waals surface area contributed by atoms with Gasteiger partial charge in [-0.05, 0) is 34.5 Å². The van der Waals surface area contributed by atoms with E-state index >= 15 is 0 Å². The van der Waals surface area contributed by atoms with E-state index in [2.05, 4.69) is 15.5 Å². The molecule has 2 N–H and O–H groups in total. The first-order valence-electron chi connectivity index (χ1n) is 5.92. The second-order valence-electron chi connectivity index (χ2n) is 4.48. The Morgan fingerprint density at radius 3 is 2.95 bits per heavy atom. The van der Waals surface area contributed by atoms with Crippen molar-refractivity contribution >= 4 is 5.69 Å². The molecule has 2 aromatic rings. The van der Waals surface area contributed by atoms with Crippen molar-refractivity contribution in [3.8, 4) is 11.4 Å².